The van der Waals surface area contributed by atoms with Gasteiger partial charge in [0.25, 0.3) is 0 Å². The Morgan fingerprint density at radius 3 is 2.42 bits per heavy atom. The largest absolute Gasteiger partial charge is 0.291 e. The number of nitrogens with one attached hydrogen (secondary N) is 1. The summed E-state index contributed by atoms with van der Waals surface area (Å²) in [5, 5.41) is 11.4. The van der Waals surface area contributed by atoms with Crippen molar-refractivity contribution >= 4 is 11.4 Å². The van der Waals surface area contributed by atoms with Crippen LogP contribution < -0.4 is 5.48 Å². The molecule has 0 fully saturated rings. The molecule has 12 heavy (non-hydrogen) atoms. The van der Waals surface area contributed by atoms with Crippen LogP contribution in [0, 0.1) is 18.8 Å². The monoisotopic (exact) mass is 166 g/mol. The molecule has 0 amide bonds. The van der Waals surface area contributed by atoms with Crippen molar-refractivity contribution in [2.75, 3.05) is 5.48 Å². The molecule has 0 aliphatic rings. The van der Waals surface area contributed by atoms with Crippen LogP contribution in [0.4, 0.5) is 11.4 Å². The van der Waals surface area contributed by atoms with Crippen molar-refractivity contribution in [1.29, 1.82) is 0 Å². The second-order valence-electron chi connectivity index (χ2n) is 2.66. The average Bonchev–Trinajstić information content (AvgIpc) is 2.09. The van der Waals surface area contributed by atoms with Crippen molar-refractivity contribution in [1.82, 2.24) is 0 Å². The molecular formula is C8H10N2O2. The van der Waals surface area contributed by atoms with Crippen molar-refractivity contribution in [2.45, 2.75) is 13.8 Å². The van der Waals surface area contributed by atoms with Crippen LogP contribution in [0.25, 0.3) is 0 Å². The molecule has 1 aromatic rings. The smallest absolute Gasteiger partial charge is 0.133 e. The highest BCUT2D eigenvalue weighted by atomic mass is 16.5. The van der Waals surface area contributed by atoms with Gasteiger partial charge in [0.1, 0.15) is 5.69 Å². The molecular weight excluding hydrogens is 156 g/mol. The Hall–Kier alpha value is -1.42. The highest BCUT2D eigenvalue weighted by Gasteiger charge is 2.03. The lowest BCUT2D eigenvalue weighted by molar-refractivity contribution is 0.389. The molecule has 4 nitrogen and oxygen atoms in total. The van der Waals surface area contributed by atoms with E-state index in [0.717, 1.165) is 11.1 Å². The predicted molar refractivity (Wildman–Crippen MR) is 46.8 cm³/mol. The third kappa shape index (κ3) is 1.43. The molecule has 0 aliphatic carbocycles. The molecule has 1 rings (SSSR count). The lowest BCUT2D eigenvalue weighted by Crippen LogP contribution is -1.91. The van der Waals surface area contributed by atoms with Gasteiger partial charge in [0.2, 0.25) is 0 Å². The van der Waals surface area contributed by atoms with Gasteiger partial charge in [0.05, 0.1) is 5.69 Å². The lowest BCUT2D eigenvalue weighted by Gasteiger charge is -2.05. The lowest BCUT2D eigenvalue weighted by atomic mass is 10.1. The van der Waals surface area contributed by atoms with E-state index >= 15 is 0 Å². The van der Waals surface area contributed by atoms with E-state index in [4.69, 9.17) is 5.21 Å². The molecule has 64 valence electrons. The van der Waals surface area contributed by atoms with Crippen LogP contribution in [0.3, 0.4) is 0 Å². The predicted octanol–water partition coefficient (Wildman–Crippen LogP) is 2.50. The van der Waals surface area contributed by atoms with E-state index in [1.807, 2.05) is 19.3 Å². The van der Waals surface area contributed by atoms with E-state index in [-0.39, 0.29) is 5.69 Å². The standard InChI is InChI=1S/C8H10N2O2/c1-5-3-7(9-11)8(10-12)4-6(5)2/h3-4,9,11H,1-2H3. The fourth-order valence-electron chi connectivity index (χ4n) is 0.966. The fraction of sp³-hybridized carbons (Fsp3) is 0.250. The van der Waals surface area contributed by atoms with Crippen LogP contribution in [0.15, 0.2) is 17.3 Å². The Morgan fingerprint density at radius 1 is 1.33 bits per heavy atom. The third-order valence-electron chi connectivity index (χ3n) is 1.83. The highest BCUT2D eigenvalue weighted by Crippen LogP contribution is 2.27. The van der Waals surface area contributed by atoms with Gasteiger partial charge in [-0.15, -0.1) is 4.91 Å². The van der Waals surface area contributed by atoms with Gasteiger partial charge < -0.3 is 0 Å². The number of rotatable bonds is 2. The van der Waals surface area contributed by atoms with Crippen LogP contribution in [0.1, 0.15) is 11.1 Å². The summed E-state index contributed by atoms with van der Waals surface area (Å²) < 4.78 is 0. The first-order valence-electron chi connectivity index (χ1n) is 3.53. The van der Waals surface area contributed by atoms with E-state index in [1.54, 1.807) is 12.1 Å². The molecule has 0 saturated carbocycles. The Kier molecular flexibility index (Phi) is 2.40. The molecule has 0 heterocycles. The van der Waals surface area contributed by atoms with Crippen LogP contribution in [0.2, 0.25) is 0 Å². The summed E-state index contributed by atoms with van der Waals surface area (Å²) in [7, 11) is 0. The van der Waals surface area contributed by atoms with Gasteiger partial charge in [0, 0.05) is 0 Å². The SMILES string of the molecule is Cc1cc(N=O)c(NO)cc1C. The molecule has 0 radical (unpaired) electrons. The summed E-state index contributed by atoms with van der Waals surface area (Å²) in [6.45, 7) is 3.77. The van der Waals surface area contributed by atoms with Gasteiger partial charge in [-0.25, -0.2) is 0 Å². The summed E-state index contributed by atoms with van der Waals surface area (Å²) in [5.41, 5.74) is 4.46. The van der Waals surface area contributed by atoms with Gasteiger partial charge in [-0.2, -0.15) is 0 Å². The maximum absolute atomic E-state index is 10.2. The number of anilines is 1. The molecule has 0 aromatic heterocycles. The summed E-state index contributed by atoms with van der Waals surface area (Å²) in [5.74, 6) is 0. The quantitative estimate of drug-likeness (QED) is 0.524. The molecule has 1 aromatic carbocycles. The van der Waals surface area contributed by atoms with E-state index in [9.17, 15) is 4.91 Å². The molecule has 0 bridgehead atoms. The van der Waals surface area contributed by atoms with Crippen LogP contribution in [-0.4, -0.2) is 5.21 Å². The average molecular weight is 166 g/mol. The van der Waals surface area contributed by atoms with Crippen molar-refractivity contribution in [3.8, 4) is 0 Å². The molecule has 0 unspecified atom stereocenters. The number of aryl methyl sites for hydroxylation is 2. The third-order valence-corrected chi connectivity index (χ3v) is 1.83. The van der Waals surface area contributed by atoms with E-state index in [1.165, 1.54) is 0 Å². The maximum atomic E-state index is 10.2. The first-order valence-corrected chi connectivity index (χ1v) is 3.53. The van der Waals surface area contributed by atoms with Gasteiger partial charge in [-0.1, -0.05) is 0 Å². The molecule has 0 spiro atoms. The maximum Gasteiger partial charge on any atom is 0.133 e. The zero-order valence-electron chi connectivity index (χ0n) is 6.96. The molecule has 0 atom stereocenters. The summed E-state index contributed by atoms with van der Waals surface area (Å²) in [6, 6.07) is 3.30. The number of nitroso groups, excluding NO2 is 1. The molecule has 0 saturated heterocycles. The summed E-state index contributed by atoms with van der Waals surface area (Å²) in [6.07, 6.45) is 0. The van der Waals surface area contributed by atoms with Gasteiger partial charge in [-0.05, 0) is 42.3 Å². The second kappa shape index (κ2) is 3.32. The van der Waals surface area contributed by atoms with E-state index in [0.29, 0.717) is 5.69 Å². The number of benzene rings is 1. The first kappa shape index (κ1) is 8.67. The Labute approximate surface area is 70.2 Å². The van der Waals surface area contributed by atoms with E-state index in [2.05, 4.69) is 5.18 Å². The van der Waals surface area contributed by atoms with Gasteiger partial charge >= 0.3 is 0 Å². The summed E-state index contributed by atoms with van der Waals surface area (Å²) in [4.78, 5) is 10.2. The molecule has 0 aliphatic heterocycles. The van der Waals surface area contributed by atoms with Crippen LogP contribution >= 0.6 is 0 Å². The van der Waals surface area contributed by atoms with Crippen LogP contribution in [-0.2, 0) is 0 Å². The Balaban J connectivity index is 3.28. The summed E-state index contributed by atoms with van der Waals surface area (Å²) >= 11 is 0. The van der Waals surface area contributed by atoms with E-state index < -0.39 is 0 Å². The fourth-order valence-corrected chi connectivity index (χ4v) is 0.966. The zero-order valence-corrected chi connectivity index (χ0v) is 6.96. The topological polar surface area (TPSA) is 61.7 Å². The van der Waals surface area contributed by atoms with Crippen molar-refractivity contribution in [3.63, 3.8) is 0 Å². The Morgan fingerprint density at radius 2 is 1.92 bits per heavy atom. The van der Waals surface area contributed by atoms with Gasteiger partial charge in [-0.3, -0.25) is 10.7 Å². The number of nitrogens with zero attached hydrogens (tertiary/aromatic N) is 1. The number of hydrogen-bond donors (Lipinski definition) is 2. The van der Waals surface area contributed by atoms with Crippen molar-refractivity contribution in [3.05, 3.63) is 28.2 Å². The first-order chi connectivity index (χ1) is 5.69. The molecule has 2 N–H and O–H groups in total. The molecule has 4 heteroatoms. The number of hydrogen-bond acceptors (Lipinski definition) is 4. The minimum Gasteiger partial charge on any atom is -0.291 e. The van der Waals surface area contributed by atoms with Crippen LogP contribution in [0.5, 0.6) is 0 Å². The minimum absolute atomic E-state index is 0.223. The second-order valence-corrected chi connectivity index (χ2v) is 2.66. The minimum atomic E-state index is 0.223. The highest BCUT2D eigenvalue weighted by molar-refractivity contribution is 5.66. The normalized spacial score (nSPS) is 9.58. The van der Waals surface area contributed by atoms with Crippen molar-refractivity contribution < 1.29 is 5.21 Å². The van der Waals surface area contributed by atoms with Gasteiger partial charge in [0.15, 0.2) is 0 Å². The van der Waals surface area contributed by atoms with Crippen molar-refractivity contribution in [2.24, 2.45) is 5.18 Å². The zero-order chi connectivity index (χ0) is 9.14. The Bertz CT molecular complexity index is 310.